The van der Waals surface area contributed by atoms with Crippen LogP contribution in [0.25, 0.3) is 0 Å². The van der Waals surface area contributed by atoms with Crippen LogP contribution in [0.4, 0.5) is 0 Å². The van der Waals surface area contributed by atoms with Gasteiger partial charge in [0.05, 0.1) is 0 Å². The van der Waals surface area contributed by atoms with Crippen LogP contribution >= 0.6 is 0 Å². The summed E-state index contributed by atoms with van der Waals surface area (Å²) in [4.78, 5) is 10.9. The largest absolute Gasteiger partial charge is 0.481 e. The molecule has 1 atom stereocenters. The highest BCUT2D eigenvalue weighted by Gasteiger charge is 2.26. The van der Waals surface area contributed by atoms with Gasteiger partial charge < -0.3 is 9.67 Å². The molecule has 2 rings (SSSR count). The molecule has 0 aromatic carbocycles. The van der Waals surface area contributed by atoms with Crippen LogP contribution < -0.4 is 0 Å². The number of aliphatic carboxylic acids is 1. The fraction of sp³-hybridized carbons (Fsp3) is 0.625. The molecular weight excluding hydrogens is 170 g/mol. The Morgan fingerprint density at radius 1 is 1.62 bits per heavy atom. The summed E-state index contributed by atoms with van der Waals surface area (Å²) in [6.07, 6.45) is 4.24. The minimum atomic E-state index is -0.795. The van der Waals surface area contributed by atoms with Crippen LogP contribution in [0.1, 0.15) is 31.0 Å². The minimum Gasteiger partial charge on any atom is -0.481 e. The summed E-state index contributed by atoms with van der Waals surface area (Å²) in [6.45, 7) is 0.839. The maximum Gasteiger partial charge on any atom is 0.314 e. The average Bonchev–Trinajstić information content (AvgIpc) is 2.44. The van der Waals surface area contributed by atoms with Crippen molar-refractivity contribution < 1.29 is 9.90 Å². The molecule has 1 aromatic heterocycles. The van der Waals surface area contributed by atoms with Gasteiger partial charge in [0.25, 0.3) is 0 Å². The highest BCUT2D eigenvalue weighted by Crippen LogP contribution is 2.24. The van der Waals surface area contributed by atoms with Crippen molar-refractivity contribution in [2.75, 3.05) is 0 Å². The first-order valence-electron chi connectivity index (χ1n) is 4.39. The summed E-state index contributed by atoms with van der Waals surface area (Å²) >= 11 is 0. The topological polar surface area (TPSA) is 68.0 Å². The van der Waals surface area contributed by atoms with E-state index in [1.54, 1.807) is 6.33 Å². The highest BCUT2D eigenvalue weighted by atomic mass is 16.4. The molecule has 0 saturated heterocycles. The highest BCUT2D eigenvalue weighted by molar-refractivity contribution is 5.74. The molecule has 0 fully saturated rings. The molecule has 1 N–H and O–H groups in total. The van der Waals surface area contributed by atoms with Gasteiger partial charge in [-0.1, -0.05) is 6.42 Å². The Balaban J connectivity index is 2.36. The number of carboxylic acids is 1. The van der Waals surface area contributed by atoms with E-state index in [1.807, 2.05) is 4.57 Å². The molecule has 0 spiro atoms. The van der Waals surface area contributed by atoms with Gasteiger partial charge in [-0.15, -0.1) is 10.2 Å². The summed E-state index contributed by atoms with van der Waals surface area (Å²) in [5.74, 6) is -0.661. The first-order chi connectivity index (χ1) is 6.29. The molecule has 0 bridgehead atoms. The van der Waals surface area contributed by atoms with E-state index in [0.29, 0.717) is 12.2 Å². The average molecular weight is 181 g/mol. The van der Waals surface area contributed by atoms with Crippen molar-refractivity contribution in [3.8, 4) is 0 Å². The monoisotopic (exact) mass is 181 g/mol. The molecule has 5 nitrogen and oxygen atoms in total. The fourth-order valence-corrected chi connectivity index (χ4v) is 1.70. The predicted octanol–water partition coefficient (Wildman–Crippen LogP) is 0.630. The third-order valence-electron chi connectivity index (χ3n) is 2.40. The van der Waals surface area contributed by atoms with Gasteiger partial charge in [-0.2, -0.15) is 0 Å². The molecule has 1 aromatic rings. The number of fused-ring (bicyclic) bond motifs is 1. The van der Waals surface area contributed by atoms with Gasteiger partial charge in [-0.3, -0.25) is 4.79 Å². The molecule has 1 aliphatic rings. The minimum absolute atomic E-state index is 0.468. The van der Waals surface area contributed by atoms with E-state index < -0.39 is 11.9 Å². The van der Waals surface area contributed by atoms with Crippen molar-refractivity contribution in [2.24, 2.45) is 0 Å². The van der Waals surface area contributed by atoms with E-state index in [1.165, 1.54) is 0 Å². The first-order valence-corrected chi connectivity index (χ1v) is 4.39. The third kappa shape index (κ3) is 1.41. The molecule has 0 radical (unpaired) electrons. The second-order valence-electron chi connectivity index (χ2n) is 3.27. The lowest BCUT2D eigenvalue weighted by molar-refractivity contribution is -0.139. The molecule has 1 aliphatic heterocycles. The predicted molar refractivity (Wildman–Crippen MR) is 44.2 cm³/mol. The number of hydrogen-bond donors (Lipinski definition) is 1. The van der Waals surface area contributed by atoms with E-state index in [-0.39, 0.29) is 0 Å². The molecule has 2 heterocycles. The number of carbonyl (C=O) groups is 1. The quantitative estimate of drug-likeness (QED) is 0.690. The molecule has 0 aliphatic carbocycles. The Bertz CT molecular complexity index is 321. The van der Waals surface area contributed by atoms with Gasteiger partial charge in [-0.25, -0.2) is 0 Å². The Labute approximate surface area is 75.4 Å². The summed E-state index contributed by atoms with van der Waals surface area (Å²) < 4.78 is 1.84. The number of nitrogens with zero attached hydrogens (tertiary/aromatic N) is 3. The number of aromatic nitrogens is 3. The van der Waals surface area contributed by atoms with Crippen LogP contribution in [0.3, 0.4) is 0 Å². The van der Waals surface area contributed by atoms with Crippen molar-refractivity contribution >= 4 is 5.97 Å². The summed E-state index contributed by atoms with van der Waals surface area (Å²) in [5.41, 5.74) is 0. The van der Waals surface area contributed by atoms with E-state index in [0.717, 1.165) is 19.4 Å². The normalized spacial score (nSPS) is 22.0. The van der Waals surface area contributed by atoms with Crippen molar-refractivity contribution in [1.29, 1.82) is 0 Å². The van der Waals surface area contributed by atoms with E-state index in [4.69, 9.17) is 5.11 Å². The SMILES string of the molecule is O=C(O)[C@H]1CCCCn2cnnc21. The molecule has 5 heteroatoms. The van der Waals surface area contributed by atoms with Crippen molar-refractivity contribution in [1.82, 2.24) is 14.8 Å². The van der Waals surface area contributed by atoms with Gasteiger partial charge in [0.15, 0.2) is 0 Å². The van der Waals surface area contributed by atoms with Crippen molar-refractivity contribution in [3.63, 3.8) is 0 Å². The van der Waals surface area contributed by atoms with Gasteiger partial charge in [0.2, 0.25) is 0 Å². The maximum atomic E-state index is 10.9. The summed E-state index contributed by atoms with van der Waals surface area (Å²) in [5, 5.41) is 16.5. The maximum absolute atomic E-state index is 10.9. The van der Waals surface area contributed by atoms with E-state index in [9.17, 15) is 4.79 Å². The summed E-state index contributed by atoms with van der Waals surface area (Å²) in [6, 6.07) is 0. The number of aryl methyl sites for hydroxylation is 1. The number of carboxylic acid groups (broad SMARTS) is 1. The van der Waals surface area contributed by atoms with Crippen molar-refractivity contribution in [3.05, 3.63) is 12.2 Å². The zero-order valence-electron chi connectivity index (χ0n) is 7.18. The van der Waals surface area contributed by atoms with Crippen LogP contribution in [-0.4, -0.2) is 25.8 Å². The van der Waals surface area contributed by atoms with Gasteiger partial charge >= 0.3 is 5.97 Å². The summed E-state index contributed by atoms with van der Waals surface area (Å²) in [7, 11) is 0. The van der Waals surface area contributed by atoms with Crippen LogP contribution in [0.15, 0.2) is 6.33 Å². The number of hydrogen-bond acceptors (Lipinski definition) is 3. The Morgan fingerprint density at radius 2 is 2.46 bits per heavy atom. The van der Waals surface area contributed by atoms with Crippen LogP contribution in [0.2, 0.25) is 0 Å². The lowest BCUT2D eigenvalue weighted by Gasteiger charge is -2.07. The zero-order chi connectivity index (χ0) is 9.26. The van der Waals surface area contributed by atoms with Crippen LogP contribution in [0, 0.1) is 0 Å². The van der Waals surface area contributed by atoms with Crippen LogP contribution in [0.5, 0.6) is 0 Å². The molecule has 70 valence electrons. The lowest BCUT2D eigenvalue weighted by Crippen LogP contribution is -2.14. The molecule has 0 unspecified atom stereocenters. The molecular formula is C8H11N3O2. The van der Waals surface area contributed by atoms with Crippen molar-refractivity contribution in [2.45, 2.75) is 31.7 Å². The second kappa shape index (κ2) is 3.16. The lowest BCUT2D eigenvalue weighted by atomic mass is 10.0. The van der Waals surface area contributed by atoms with Crippen LogP contribution in [-0.2, 0) is 11.3 Å². The van der Waals surface area contributed by atoms with E-state index in [2.05, 4.69) is 10.2 Å². The standard InChI is InChI=1S/C8H11N3O2/c12-8(13)6-3-1-2-4-11-5-9-10-7(6)11/h5-6H,1-4H2,(H,12,13)/t6-/m0/s1. The Kier molecular flexibility index (Phi) is 2.00. The fourth-order valence-electron chi connectivity index (χ4n) is 1.70. The smallest absolute Gasteiger partial charge is 0.314 e. The Hall–Kier alpha value is -1.39. The zero-order valence-corrected chi connectivity index (χ0v) is 7.18. The number of rotatable bonds is 1. The molecule has 13 heavy (non-hydrogen) atoms. The second-order valence-corrected chi connectivity index (χ2v) is 3.27. The van der Waals surface area contributed by atoms with Gasteiger partial charge in [-0.05, 0) is 12.8 Å². The third-order valence-corrected chi connectivity index (χ3v) is 2.40. The van der Waals surface area contributed by atoms with E-state index >= 15 is 0 Å². The Morgan fingerprint density at radius 3 is 3.23 bits per heavy atom. The molecule has 0 saturated carbocycles. The first kappa shape index (κ1) is 8.22. The van der Waals surface area contributed by atoms with Gasteiger partial charge in [0, 0.05) is 6.54 Å². The molecule has 0 amide bonds. The van der Waals surface area contributed by atoms with Gasteiger partial charge in [0.1, 0.15) is 18.1 Å².